The average Bonchev–Trinajstić information content (AvgIpc) is 2.48. The second-order valence-electron chi connectivity index (χ2n) is 5.36. The Bertz CT molecular complexity index is 665. The molecule has 2 N–H and O–H groups in total. The van der Waals surface area contributed by atoms with Crippen molar-refractivity contribution >= 4 is 39.2 Å². The molecule has 0 aromatic heterocycles. The molecular formula is C15H24Cl2N4O2S. The molecule has 136 valence electrons. The van der Waals surface area contributed by atoms with Gasteiger partial charge in [-0.1, -0.05) is 29.3 Å². The zero-order chi connectivity index (χ0) is 18.2. The molecule has 9 heteroatoms. The lowest BCUT2D eigenvalue weighted by Gasteiger charge is -2.22. The fourth-order valence-electron chi connectivity index (χ4n) is 1.98. The van der Waals surface area contributed by atoms with E-state index in [0.717, 1.165) is 24.3 Å². The molecule has 0 aliphatic carbocycles. The quantitative estimate of drug-likeness (QED) is 0.403. The highest BCUT2D eigenvalue weighted by Crippen LogP contribution is 2.23. The van der Waals surface area contributed by atoms with Crippen molar-refractivity contribution in [2.45, 2.75) is 19.9 Å². The van der Waals surface area contributed by atoms with E-state index in [1.54, 1.807) is 6.07 Å². The lowest BCUT2D eigenvalue weighted by Crippen LogP contribution is -2.38. The lowest BCUT2D eigenvalue weighted by molar-refractivity contribution is 0.476. The normalized spacial score (nSPS) is 12.3. The molecular weight excluding hydrogens is 371 g/mol. The summed E-state index contributed by atoms with van der Waals surface area (Å²) in [6, 6.07) is 5.53. The standard InChI is InChI=1S/C15H24Cl2N4O2S/c1-4-18-15(19-8-5-9-20-24(3,22)23)21(2)11-12-6-7-13(16)14(17)10-12/h6-7,10,20H,4-5,8-9,11H2,1-3H3,(H,18,19). The second kappa shape index (κ2) is 10.1. The van der Waals surface area contributed by atoms with E-state index in [-0.39, 0.29) is 0 Å². The van der Waals surface area contributed by atoms with Crippen molar-refractivity contribution < 1.29 is 8.42 Å². The summed E-state index contributed by atoms with van der Waals surface area (Å²) >= 11 is 12.0. The van der Waals surface area contributed by atoms with E-state index in [1.165, 1.54) is 0 Å². The maximum Gasteiger partial charge on any atom is 0.208 e. The Hall–Kier alpha value is -1.02. The molecule has 0 spiro atoms. The van der Waals surface area contributed by atoms with E-state index in [2.05, 4.69) is 15.0 Å². The van der Waals surface area contributed by atoms with Crippen LogP contribution in [0.15, 0.2) is 23.2 Å². The number of hydrogen-bond donors (Lipinski definition) is 2. The van der Waals surface area contributed by atoms with Crippen LogP contribution in [0.4, 0.5) is 0 Å². The van der Waals surface area contributed by atoms with E-state index < -0.39 is 10.0 Å². The highest BCUT2D eigenvalue weighted by atomic mass is 35.5. The van der Waals surface area contributed by atoms with Crippen LogP contribution in [-0.2, 0) is 16.6 Å². The first-order chi connectivity index (χ1) is 11.2. The number of halogens is 2. The Morgan fingerprint density at radius 3 is 2.58 bits per heavy atom. The van der Waals surface area contributed by atoms with Crippen LogP contribution in [0.2, 0.25) is 10.0 Å². The lowest BCUT2D eigenvalue weighted by atomic mass is 10.2. The Balaban J connectivity index is 2.61. The van der Waals surface area contributed by atoms with Gasteiger partial charge in [0.2, 0.25) is 10.0 Å². The predicted octanol–water partition coefficient (Wildman–Crippen LogP) is 2.33. The molecule has 0 aliphatic heterocycles. The van der Waals surface area contributed by atoms with Crippen molar-refractivity contribution in [3.05, 3.63) is 33.8 Å². The minimum absolute atomic E-state index is 0.373. The molecule has 0 radical (unpaired) electrons. The minimum Gasteiger partial charge on any atom is -0.357 e. The largest absolute Gasteiger partial charge is 0.357 e. The van der Waals surface area contributed by atoms with Gasteiger partial charge in [-0.05, 0) is 31.0 Å². The number of guanidine groups is 1. The van der Waals surface area contributed by atoms with Crippen LogP contribution < -0.4 is 10.0 Å². The van der Waals surface area contributed by atoms with Crippen molar-refractivity contribution in [1.82, 2.24) is 14.9 Å². The third-order valence-corrected chi connectivity index (χ3v) is 4.53. The van der Waals surface area contributed by atoms with E-state index in [0.29, 0.717) is 36.1 Å². The van der Waals surface area contributed by atoms with Crippen LogP contribution in [0.5, 0.6) is 0 Å². The van der Waals surface area contributed by atoms with Crippen molar-refractivity contribution in [2.75, 3.05) is 32.9 Å². The fraction of sp³-hybridized carbons (Fsp3) is 0.533. The minimum atomic E-state index is -3.15. The summed E-state index contributed by atoms with van der Waals surface area (Å²) in [4.78, 5) is 6.49. The summed E-state index contributed by atoms with van der Waals surface area (Å²) in [6.45, 7) is 4.26. The zero-order valence-corrected chi connectivity index (χ0v) is 16.5. The highest BCUT2D eigenvalue weighted by molar-refractivity contribution is 7.88. The van der Waals surface area contributed by atoms with Gasteiger partial charge in [-0.25, -0.2) is 13.1 Å². The van der Waals surface area contributed by atoms with Crippen LogP contribution in [-0.4, -0.2) is 52.2 Å². The topological polar surface area (TPSA) is 73.8 Å². The highest BCUT2D eigenvalue weighted by Gasteiger charge is 2.08. The van der Waals surface area contributed by atoms with Crippen molar-refractivity contribution in [3.8, 4) is 0 Å². The van der Waals surface area contributed by atoms with Gasteiger partial charge in [0, 0.05) is 33.2 Å². The van der Waals surface area contributed by atoms with Gasteiger partial charge in [0.1, 0.15) is 0 Å². The summed E-state index contributed by atoms with van der Waals surface area (Å²) in [5.74, 6) is 0.753. The molecule has 0 saturated carbocycles. The van der Waals surface area contributed by atoms with E-state index in [1.807, 2.05) is 31.0 Å². The first kappa shape index (κ1) is 21.0. The smallest absolute Gasteiger partial charge is 0.208 e. The van der Waals surface area contributed by atoms with Gasteiger partial charge in [0.25, 0.3) is 0 Å². The molecule has 1 rings (SSSR count). The molecule has 0 unspecified atom stereocenters. The number of nitrogens with zero attached hydrogens (tertiary/aromatic N) is 2. The molecule has 0 bridgehead atoms. The molecule has 0 saturated heterocycles. The van der Waals surface area contributed by atoms with Gasteiger partial charge in [-0.2, -0.15) is 0 Å². The maximum absolute atomic E-state index is 11.0. The van der Waals surface area contributed by atoms with E-state index in [9.17, 15) is 8.42 Å². The molecule has 1 aromatic rings. The van der Waals surface area contributed by atoms with Crippen LogP contribution in [0.3, 0.4) is 0 Å². The molecule has 24 heavy (non-hydrogen) atoms. The summed E-state index contributed by atoms with van der Waals surface area (Å²) in [6.07, 6.45) is 1.77. The van der Waals surface area contributed by atoms with Gasteiger partial charge in [-0.15, -0.1) is 0 Å². The Morgan fingerprint density at radius 1 is 1.29 bits per heavy atom. The zero-order valence-electron chi connectivity index (χ0n) is 14.1. The molecule has 1 aromatic carbocycles. The second-order valence-corrected chi connectivity index (χ2v) is 8.01. The molecule has 0 amide bonds. The first-order valence-corrected chi connectivity index (χ1v) is 10.3. The number of sulfonamides is 1. The van der Waals surface area contributed by atoms with E-state index >= 15 is 0 Å². The van der Waals surface area contributed by atoms with Gasteiger partial charge in [0.05, 0.1) is 16.3 Å². The van der Waals surface area contributed by atoms with Crippen LogP contribution >= 0.6 is 23.2 Å². The van der Waals surface area contributed by atoms with Crippen molar-refractivity contribution in [1.29, 1.82) is 0 Å². The number of nitrogens with one attached hydrogen (secondary N) is 2. The average molecular weight is 395 g/mol. The Kier molecular flexibility index (Phi) is 8.83. The number of benzene rings is 1. The molecule has 0 aliphatic rings. The summed E-state index contributed by atoms with van der Waals surface area (Å²) in [5, 5.41) is 4.27. The Labute approximate surface area is 154 Å². The molecule has 0 heterocycles. The first-order valence-electron chi connectivity index (χ1n) is 7.61. The van der Waals surface area contributed by atoms with Crippen molar-refractivity contribution in [3.63, 3.8) is 0 Å². The molecule has 0 fully saturated rings. The van der Waals surface area contributed by atoms with Crippen LogP contribution in [0.25, 0.3) is 0 Å². The van der Waals surface area contributed by atoms with Gasteiger partial charge in [-0.3, -0.25) is 4.99 Å². The summed E-state index contributed by atoms with van der Waals surface area (Å²) < 4.78 is 24.5. The van der Waals surface area contributed by atoms with Crippen molar-refractivity contribution in [2.24, 2.45) is 4.99 Å². The summed E-state index contributed by atoms with van der Waals surface area (Å²) in [5.41, 5.74) is 1.02. The number of aliphatic imine (C=N–C) groups is 1. The number of rotatable bonds is 8. The van der Waals surface area contributed by atoms with Gasteiger partial charge in [0.15, 0.2) is 5.96 Å². The van der Waals surface area contributed by atoms with Crippen LogP contribution in [0.1, 0.15) is 18.9 Å². The summed E-state index contributed by atoms with van der Waals surface area (Å²) in [7, 11) is -1.22. The third kappa shape index (κ3) is 8.19. The monoisotopic (exact) mass is 394 g/mol. The third-order valence-electron chi connectivity index (χ3n) is 3.06. The Morgan fingerprint density at radius 2 is 2.00 bits per heavy atom. The maximum atomic E-state index is 11.0. The van der Waals surface area contributed by atoms with Gasteiger partial charge >= 0.3 is 0 Å². The SMILES string of the molecule is CCNC(=NCCCNS(C)(=O)=O)N(C)Cc1ccc(Cl)c(Cl)c1. The van der Waals surface area contributed by atoms with Gasteiger partial charge < -0.3 is 10.2 Å². The fourth-order valence-corrected chi connectivity index (χ4v) is 2.81. The number of hydrogen-bond acceptors (Lipinski definition) is 3. The predicted molar refractivity (Wildman–Crippen MR) is 101 cm³/mol. The van der Waals surface area contributed by atoms with Crippen LogP contribution in [0, 0.1) is 0 Å². The molecule has 6 nitrogen and oxygen atoms in total. The van der Waals surface area contributed by atoms with E-state index in [4.69, 9.17) is 23.2 Å². The molecule has 0 atom stereocenters.